The van der Waals surface area contributed by atoms with E-state index in [9.17, 15) is 13.2 Å². The quantitative estimate of drug-likeness (QED) is 0.593. The van der Waals surface area contributed by atoms with Gasteiger partial charge in [-0.3, -0.25) is 11.3 Å². The third-order valence-corrected chi connectivity index (χ3v) is 2.67. The van der Waals surface area contributed by atoms with E-state index < -0.39 is 18.6 Å². The minimum atomic E-state index is -4.17. The van der Waals surface area contributed by atoms with E-state index in [0.29, 0.717) is 12.4 Å². The minimum Gasteiger partial charge on any atom is -0.494 e. The normalized spacial score (nSPS) is 13.3. The molecule has 1 aromatic rings. The molecular weight excluding hydrogens is 257 g/mol. The SMILES string of the molecule is CCCOc1ccc(C(CCC(F)(F)F)NN)cc1. The molecule has 0 aliphatic heterocycles. The molecule has 0 bridgehead atoms. The van der Waals surface area contributed by atoms with Crippen molar-refractivity contribution in [2.75, 3.05) is 6.61 Å². The first-order valence-corrected chi connectivity index (χ1v) is 6.22. The van der Waals surface area contributed by atoms with Crippen molar-refractivity contribution < 1.29 is 17.9 Å². The molecule has 19 heavy (non-hydrogen) atoms. The topological polar surface area (TPSA) is 47.3 Å². The number of nitrogens with one attached hydrogen (secondary N) is 1. The fraction of sp³-hybridized carbons (Fsp3) is 0.538. The monoisotopic (exact) mass is 276 g/mol. The van der Waals surface area contributed by atoms with Gasteiger partial charge in [0.15, 0.2) is 0 Å². The average molecular weight is 276 g/mol. The molecule has 0 saturated heterocycles. The smallest absolute Gasteiger partial charge is 0.389 e. The van der Waals surface area contributed by atoms with Gasteiger partial charge in [-0.05, 0) is 30.5 Å². The highest BCUT2D eigenvalue weighted by Crippen LogP contribution is 2.27. The van der Waals surface area contributed by atoms with Gasteiger partial charge in [-0.2, -0.15) is 13.2 Å². The zero-order valence-electron chi connectivity index (χ0n) is 10.8. The summed E-state index contributed by atoms with van der Waals surface area (Å²) in [7, 11) is 0. The first-order valence-electron chi connectivity index (χ1n) is 6.22. The van der Waals surface area contributed by atoms with E-state index >= 15 is 0 Å². The Kier molecular flexibility index (Phi) is 6.11. The summed E-state index contributed by atoms with van der Waals surface area (Å²) >= 11 is 0. The standard InChI is InChI=1S/C13H19F3N2O/c1-2-9-19-11-5-3-10(4-6-11)12(18-17)7-8-13(14,15)16/h3-6,12,18H,2,7-9,17H2,1H3. The van der Waals surface area contributed by atoms with E-state index in [1.807, 2.05) is 6.92 Å². The number of hydrazine groups is 1. The van der Waals surface area contributed by atoms with Gasteiger partial charge in [0.25, 0.3) is 0 Å². The summed E-state index contributed by atoms with van der Waals surface area (Å²) < 4.78 is 42.0. The van der Waals surface area contributed by atoms with Gasteiger partial charge in [0.1, 0.15) is 5.75 Å². The third kappa shape index (κ3) is 5.94. The molecule has 1 aromatic carbocycles. The molecule has 0 fully saturated rings. The molecule has 0 aliphatic carbocycles. The zero-order chi connectivity index (χ0) is 14.3. The van der Waals surface area contributed by atoms with Gasteiger partial charge in [-0.1, -0.05) is 19.1 Å². The van der Waals surface area contributed by atoms with Crippen molar-refractivity contribution in [3.8, 4) is 5.75 Å². The highest BCUT2D eigenvalue weighted by atomic mass is 19.4. The number of hydrogen-bond acceptors (Lipinski definition) is 3. The van der Waals surface area contributed by atoms with Gasteiger partial charge in [-0.15, -0.1) is 0 Å². The van der Waals surface area contributed by atoms with E-state index in [0.717, 1.165) is 12.0 Å². The van der Waals surface area contributed by atoms with E-state index in [1.54, 1.807) is 24.3 Å². The number of benzene rings is 1. The Morgan fingerprint density at radius 2 is 1.89 bits per heavy atom. The molecule has 0 radical (unpaired) electrons. The number of ether oxygens (including phenoxy) is 1. The second-order valence-electron chi connectivity index (χ2n) is 4.29. The van der Waals surface area contributed by atoms with Crippen LogP contribution in [0.25, 0.3) is 0 Å². The first-order chi connectivity index (χ1) is 8.96. The van der Waals surface area contributed by atoms with Crippen LogP contribution in [0.2, 0.25) is 0 Å². The Morgan fingerprint density at radius 1 is 1.26 bits per heavy atom. The number of hydrogen-bond donors (Lipinski definition) is 2. The van der Waals surface area contributed by atoms with E-state index in [1.165, 1.54) is 0 Å². The molecule has 0 heterocycles. The fourth-order valence-electron chi connectivity index (χ4n) is 1.67. The highest BCUT2D eigenvalue weighted by molar-refractivity contribution is 5.29. The van der Waals surface area contributed by atoms with Crippen molar-refractivity contribution in [1.82, 2.24) is 5.43 Å². The molecular formula is C13H19F3N2O. The highest BCUT2D eigenvalue weighted by Gasteiger charge is 2.28. The van der Waals surface area contributed by atoms with Crippen LogP contribution in [-0.2, 0) is 0 Å². The van der Waals surface area contributed by atoms with Crippen molar-refractivity contribution in [1.29, 1.82) is 0 Å². The molecule has 6 heteroatoms. The Bertz CT molecular complexity index is 365. The number of nitrogens with two attached hydrogens (primary N) is 1. The summed E-state index contributed by atoms with van der Waals surface area (Å²) in [6, 6.07) is 6.42. The lowest BCUT2D eigenvalue weighted by atomic mass is 10.0. The maximum absolute atomic E-state index is 12.2. The van der Waals surface area contributed by atoms with Crippen LogP contribution < -0.4 is 16.0 Å². The molecule has 0 spiro atoms. The van der Waals surface area contributed by atoms with Gasteiger partial charge in [0.2, 0.25) is 0 Å². The van der Waals surface area contributed by atoms with Crippen LogP contribution in [0.4, 0.5) is 13.2 Å². The molecule has 0 aliphatic rings. The van der Waals surface area contributed by atoms with Crippen LogP contribution in [0, 0.1) is 0 Å². The Balaban J connectivity index is 2.60. The van der Waals surface area contributed by atoms with Crippen molar-refractivity contribution in [2.24, 2.45) is 5.84 Å². The molecule has 0 saturated carbocycles. The van der Waals surface area contributed by atoms with Gasteiger partial charge in [0.05, 0.1) is 6.61 Å². The van der Waals surface area contributed by atoms with Crippen molar-refractivity contribution in [3.05, 3.63) is 29.8 Å². The van der Waals surface area contributed by atoms with E-state index in [4.69, 9.17) is 10.6 Å². The molecule has 3 nitrogen and oxygen atoms in total. The van der Waals surface area contributed by atoms with Crippen LogP contribution in [0.1, 0.15) is 37.8 Å². The maximum atomic E-state index is 12.2. The first kappa shape index (κ1) is 15.8. The molecule has 0 aromatic heterocycles. The number of rotatable bonds is 7. The van der Waals surface area contributed by atoms with Crippen LogP contribution in [0.15, 0.2) is 24.3 Å². The second-order valence-corrected chi connectivity index (χ2v) is 4.29. The minimum absolute atomic E-state index is 0.0881. The van der Waals surface area contributed by atoms with Gasteiger partial charge in [-0.25, -0.2) is 0 Å². The molecule has 1 unspecified atom stereocenters. The van der Waals surface area contributed by atoms with Crippen molar-refractivity contribution >= 4 is 0 Å². The average Bonchev–Trinajstić information content (AvgIpc) is 2.37. The summed E-state index contributed by atoms with van der Waals surface area (Å²) in [5.41, 5.74) is 3.13. The number of alkyl halides is 3. The summed E-state index contributed by atoms with van der Waals surface area (Å²) in [4.78, 5) is 0. The van der Waals surface area contributed by atoms with Crippen LogP contribution >= 0.6 is 0 Å². The zero-order valence-corrected chi connectivity index (χ0v) is 10.8. The Hall–Kier alpha value is -1.27. The molecule has 0 amide bonds. The third-order valence-electron chi connectivity index (χ3n) is 2.67. The molecule has 3 N–H and O–H groups in total. The van der Waals surface area contributed by atoms with E-state index in [-0.39, 0.29) is 6.42 Å². The van der Waals surface area contributed by atoms with Gasteiger partial charge in [0, 0.05) is 12.5 Å². The van der Waals surface area contributed by atoms with Crippen molar-refractivity contribution in [2.45, 2.75) is 38.4 Å². The summed E-state index contributed by atoms with van der Waals surface area (Å²) in [6.07, 6.45) is -4.22. The Morgan fingerprint density at radius 3 is 2.37 bits per heavy atom. The predicted molar refractivity (Wildman–Crippen MR) is 67.6 cm³/mol. The largest absolute Gasteiger partial charge is 0.494 e. The van der Waals surface area contributed by atoms with E-state index in [2.05, 4.69) is 5.43 Å². The van der Waals surface area contributed by atoms with Crippen molar-refractivity contribution in [3.63, 3.8) is 0 Å². The summed E-state index contributed by atoms with van der Waals surface area (Å²) in [5, 5.41) is 0. The van der Waals surface area contributed by atoms with Crippen LogP contribution in [0.3, 0.4) is 0 Å². The lowest BCUT2D eigenvalue weighted by Gasteiger charge is -2.17. The van der Waals surface area contributed by atoms with Crippen LogP contribution in [-0.4, -0.2) is 12.8 Å². The van der Waals surface area contributed by atoms with Gasteiger partial charge >= 0.3 is 6.18 Å². The second kappa shape index (κ2) is 7.35. The lowest BCUT2D eigenvalue weighted by molar-refractivity contribution is -0.136. The maximum Gasteiger partial charge on any atom is 0.389 e. The predicted octanol–water partition coefficient (Wildman–Crippen LogP) is 3.32. The Labute approximate surface area is 110 Å². The molecule has 108 valence electrons. The lowest BCUT2D eigenvalue weighted by Crippen LogP contribution is -2.29. The number of halogens is 3. The summed E-state index contributed by atoms with van der Waals surface area (Å²) in [6.45, 7) is 2.62. The van der Waals surface area contributed by atoms with Gasteiger partial charge < -0.3 is 4.74 Å². The fourth-order valence-corrected chi connectivity index (χ4v) is 1.67. The van der Waals surface area contributed by atoms with Crippen LogP contribution in [0.5, 0.6) is 5.75 Å². The summed E-state index contributed by atoms with van der Waals surface area (Å²) in [5.74, 6) is 6.01. The molecule has 1 rings (SSSR count). The molecule has 1 atom stereocenters.